The summed E-state index contributed by atoms with van der Waals surface area (Å²) in [5, 5.41) is 2.96. The first-order valence-corrected chi connectivity index (χ1v) is 5.35. The largest absolute Gasteiger partial charge is 0.354 e. The molecule has 0 spiro atoms. The lowest BCUT2D eigenvalue weighted by Gasteiger charge is -2.13. The first-order chi connectivity index (χ1) is 6.06. The van der Waals surface area contributed by atoms with Crippen LogP contribution in [0.15, 0.2) is 0 Å². The lowest BCUT2D eigenvalue weighted by atomic mass is 10.0. The first kappa shape index (κ1) is 12.5. The molecule has 78 valence electrons. The molecule has 0 saturated heterocycles. The van der Waals surface area contributed by atoms with Gasteiger partial charge in [-0.2, -0.15) is 0 Å². The zero-order valence-electron chi connectivity index (χ0n) is 9.39. The standard InChI is InChI=1S/C11H23NO/c1-5-11(13)12-10(4)8-6-7-9(2)3/h9-10H,5-8H2,1-4H3,(H,12,13). The lowest BCUT2D eigenvalue weighted by Crippen LogP contribution is -2.31. The monoisotopic (exact) mass is 185 g/mol. The van der Waals surface area contributed by atoms with Crippen molar-refractivity contribution in [3.05, 3.63) is 0 Å². The maximum absolute atomic E-state index is 11.0. The molecule has 0 rings (SSSR count). The Labute approximate surface area is 82.1 Å². The summed E-state index contributed by atoms with van der Waals surface area (Å²) in [6, 6.07) is 0.339. The van der Waals surface area contributed by atoms with Gasteiger partial charge in [-0.15, -0.1) is 0 Å². The van der Waals surface area contributed by atoms with Crippen molar-refractivity contribution in [2.45, 2.75) is 59.4 Å². The van der Waals surface area contributed by atoms with Crippen molar-refractivity contribution < 1.29 is 4.79 Å². The highest BCUT2D eigenvalue weighted by molar-refractivity contribution is 5.75. The van der Waals surface area contributed by atoms with Gasteiger partial charge in [-0.05, 0) is 19.3 Å². The molecular formula is C11H23NO. The summed E-state index contributed by atoms with van der Waals surface area (Å²) in [4.78, 5) is 11.0. The van der Waals surface area contributed by atoms with Crippen LogP contribution in [0, 0.1) is 5.92 Å². The number of carbonyl (C=O) groups is 1. The van der Waals surface area contributed by atoms with Crippen LogP contribution < -0.4 is 5.32 Å². The molecule has 0 bridgehead atoms. The van der Waals surface area contributed by atoms with E-state index in [9.17, 15) is 4.79 Å². The molecule has 0 fully saturated rings. The van der Waals surface area contributed by atoms with E-state index in [1.807, 2.05) is 6.92 Å². The van der Waals surface area contributed by atoms with Gasteiger partial charge in [-0.25, -0.2) is 0 Å². The van der Waals surface area contributed by atoms with Gasteiger partial charge >= 0.3 is 0 Å². The summed E-state index contributed by atoms with van der Waals surface area (Å²) >= 11 is 0. The van der Waals surface area contributed by atoms with Crippen LogP contribution in [0.2, 0.25) is 0 Å². The Morgan fingerprint density at radius 1 is 1.23 bits per heavy atom. The number of nitrogens with one attached hydrogen (secondary N) is 1. The van der Waals surface area contributed by atoms with E-state index in [4.69, 9.17) is 0 Å². The van der Waals surface area contributed by atoms with E-state index in [1.54, 1.807) is 0 Å². The zero-order chi connectivity index (χ0) is 10.3. The van der Waals surface area contributed by atoms with E-state index in [2.05, 4.69) is 26.1 Å². The summed E-state index contributed by atoms with van der Waals surface area (Å²) in [6.45, 7) is 8.43. The highest BCUT2D eigenvalue weighted by Gasteiger charge is 2.04. The van der Waals surface area contributed by atoms with Crippen molar-refractivity contribution in [3.63, 3.8) is 0 Å². The van der Waals surface area contributed by atoms with Crippen LogP contribution in [0.3, 0.4) is 0 Å². The third-order valence-corrected chi connectivity index (χ3v) is 2.15. The average molecular weight is 185 g/mol. The van der Waals surface area contributed by atoms with E-state index >= 15 is 0 Å². The second kappa shape index (κ2) is 6.93. The van der Waals surface area contributed by atoms with Crippen LogP contribution in [0.25, 0.3) is 0 Å². The van der Waals surface area contributed by atoms with Crippen molar-refractivity contribution in [1.82, 2.24) is 5.32 Å². The number of hydrogen-bond donors (Lipinski definition) is 1. The first-order valence-electron chi connectivity index (χ1n) is 5.35. The summed E-state index contributed by atoms with van der Waals surface area (Å²) in [5.74, 6) is 0.936. The van der Waals surface area contributed by atoms with Gasteiger partial charge in [0.1, 0.15) is 0 Å². The molecule has 2 heteroatoms. The average Bonchev–Trinajstić information content (AvgIpc) is 2.03. The molecule has 0 saturated carbocycles. The molecule has 0 aromatic heterocycles. The van der Waals surface area contributed by atoms with E-state index in [0.29, 0.717) is 12.5 Å². The normalized spacial score (nSPS) is 13.0. The molecule has 1 amide bonds. The van der Waals surface area contributed by atoms with Crippen LogP contribution in [0.4, 0.5) is 0 Å². The minimum absolute atomic E-state index is 0.164. The Hall–Kier alpha value is -0.530. The fourth-order valence-corrected chi connectivity index (χ4v) is 1.28. The van der Waals surface area contributed by atoms with Gasteiger partial charge in [0.25, 0.3) is 0 Å². The molecule has 2 nitrogen and oxygen atoms in total. The van der Waals surface area contributed by atoms with Gasteiger partial charge in [0, 0.05) is 12.5 Å². The Kier molecular flexibility index (Phi) is 6.65. The van der Waals surface area contributed by atoms with E-state index in [1.165, 1.54) is 12.8 Å². The highest BCUT2D eigenvalue weighted by Crippen LogP contribution is 2.08. The maximum Gasteiger partial charge on any atom is 0.219 e. The minimum Gasteiger partial charge on any atom is -0.354 e. The van der Waals surface area contributed by atoms with Crippen molar-refractivity contribution in [1.29, 1.82) is 0 Å². The topological polar surface area (TPSA) is 29.1 Å². The number of amides is 1. The fraction of sp³-hybridized carbons (Fsp3) is 0.909. The molecule has 0 aliphatic carbocycles. The zero-order valence-corrected chi connectivity index (χ0v) is 9.39. The van der Waals surface area contributed by atoms with E-state index < -0.39 is 0 Å². The number of carbonyl (C=O) groups excluding carboxylic acids is 1. The quantitative estimate of drug-likeness (QED) is 0.677. The summed E-state index contributed by atoms with van der Waals surface area (Å²) in [7, 11) is 0. The predicted molar refractivity (Wildman–Crippen MR) is 56.6 cm³/mol. The molecule has 0 radical (unpaired) electrons. The predicted octanol–water partition coefficient (Wildman–Crippen LogP) is 2.73. The third-order valence-electron chi connectivity index (χ3n) is 2.15. The van der Waals surface area contributed by atoms with Crippen molar-refractivity contribution in [2.24, 2.45) is 5.92 Å². The fourth-order valence-electron chi connectivity index (χ4n) is 1.28. The molecule has 13 heavy (non-hydrogen) atoms. The second-order valence-corrected chi connectivity index (χ2v) is 4.15. The Balaban J connectivity index is 3.40. The van der Waals surface area contributed by atoms with Gasteiger partial charge in [0.15, 0.2) is 0 Å². The Bertz CT molecular complexity index is 143. The van der Waals surface area contributed by atoms with Gasteiger partial charge in [0.05, 0.1) is 0 Å². The molecule has 0 aliphatic rings. The smallest absolute Gasteiger partial charge is 0.219 e. The molecule has 0 aliphatic heterocycles. The van der Waals surface area contributed by atoms with Crippen LogP contribution in [0.1, 0.15) is 53.4 Å². The molecule has 0 aromatic rings. The molecule has 1 unspecified atom stereocenters. The van der Waals surface area contributed by atoms with Gasteiger partial charge in [0.2, 0.25) is 5.91 Å². The van der Waals surface area contributed by atoms with Crippen molar-refractivity contribution in [2.75, 3.05) is 0 Å². The van der Waals surface area contributed by atoms with Crippen molar-refractivity contribution in [3.8, 4) is 0 Å². The number of rotatable bonds is 6. The van der Waals surface area contributed by atoms with Crippen LogP contribution >= 0.6 is 0 Å². The second-order valence-electron chi connectivity index (χ2n) is 4.15. The van der Waals surface area contributed by atoms with Gasteiger partial charge in [-0.3, -0.25) is 4.79 Å². The highest BCUT2D eigenvalue weighted by atomic mass is 16.1. The summed E-state index contributed by atoms with van der Waals surface area (Å²) in [5.41, 5.74) is 0. The molecule has 0 heterocycles. The van der Waals surface area contributed by atoms with Gasteiger partial charge < -0.3 is 5.32 Å². The lowest BCUT2D eigenvalue weighted by molar-refractivity contribution is -0.121. The summed E-state index contributed by atoms with van der Waals surface area (Å²) < 4.78 is 0. The molecule has 1 N–H and O–H groups in total. The molecule has 1 atom stereocenters. The van der Waals surface area contributed by atoms with E-state index in [-0.39, 0.29) is 5.91 Å². The summed E-state index contributed by atoms with van der Waals surface area (Å²) in [6.07, 6.45) is 4.16. The van der Waals surface area contributed by atoms with Crippen LogP contribution in [-0.2, 0) is 4.79 Å². The van der Waals surface area contributed by atoms with Crippen molar-refractivity contribution >= 4 is 5.91 Å². The maximum atomic E-state index is 11.0. The minimum atomic E-state index is 0.164. The van der Waals surface area contributed by atoms with Crippen LogP contribution in [-0.4, -0.2) is 11.9 Å². The number of hydrogen-bond acceptors (Lipinski definition) is 1. The molecular weight excluding hydrogens is 162 g/mol. The Morgan fingerprint density at radius 3 is 2.31 bits per heavy atom. The SMILES string of the molecule is CCC(=O)NC(C)CCCC(C)C. The molecule has 0 aromatic carbocycles. The van der Waals surface area contributed by atoms with E-state index in [0.717, 1.165) is 12.3 Å². The van der Waals surface area contributed by atoms with Gasteiger partial charge in [-0.1, -0.05) is 33.6 Å². The third kappa shape index (κ3) is 7.82. The Morgan fingerprint density at radius 2 is 1.85 bits per heavy atom. The van der Waals surface area contributed by atoms with Crippen LogP contribution in [0.5, 0.6) is 0 Å².